The Balaban J connectivity index is 2.24. The van der Waals surface area contributed by atoms with Crippen molar-refractivity contribution in [3.05, 3.63) is 29.8 Å². The Kier molecular flexibility index (Phi) is 6.36. The fourth-order valence-corrected chi connectivity index (χ4v) is 1.68. The number of rotatable bonds is 7. The summed E-state index contributed by atoms with van der Waals surface area (Å²) < 4.78 is 5.60. The molecule has 1 rings (SSSR count). The molecule has 0 atom stereocenters. The van der Waals surface area contributed by atoms with Crippen molar-refractivity contribution >= 4 is 5.91 Å². The fourth-order valence-electron chi connectivity index (χ4n) is 1.68. The smallest absolute Gasteiger partial charge is 0.234 e. The quantitative estimate of drug-likeness (QED) is 0.608. The van der Waals surface area contributed by atoms with Crippen molar-refractivity contribution in [1.29, 1.82) is 0 Å². The molecule has 0 unspecified atom stereocenters. The molecule has 0 saturated carbocycles. The van der Waals surface area contributed by atoms with E-state index in [9.17, 15) is 4.79 Å². The van der Waals surface area contributed by atoms with Crippen LogP contribution in [0.15, 0.2) is 24.3 Å². The topological polar surface area (TPSA) is 41.6 Å². The first kappa shape index (κ1) is 15.5. The summed E-state index contributed by atoms with van der Waals surface area (Å²) in [5, 5.41) is 1.65. The van der Waals surface area contributed by atoms with E-state index < -0.39 is 0 Å². The molecule has 1 aromatic rings. The van der Waals surface area contributed by atoms with E-state index in [0.717, 1.165) is 5.75 Å². The zero-order chi connectivity index (χ0) is 14.3. The summed E-state index contributed by atoms with van der Waals surface area (Å²) in [7, 11) is 3.59. The van der Waals surface area contributed by atoms with Crippen LogP contribution in [0.25, 0.3) is 0 Å². The Morgan fingerprint density at radius 1 is 1.26 bits per heavy atom. The Labute approximate surface area is 115 Å². The van der Waals surface area contributed by atoms with Crippen LogP contribution < -0.4 is 10.2 Å². The van der Waals surface area contributed by atoms with Crippen molar-refractivity contribution in [1.82, 2.24) is 10.4 Å². The Morgan fingerprint density at radius 3 is 2.42 bits per heavy atom. The lowest BCUT2D eigenvalue weighted by atomic mass is 10.0. The van der Waals surface area contributed by atoms with E-state index in [2.05, 4.69) is 31.4 Å². The molecular formula is C15H24N2O2. The minimum atomic E-state index is 0.0174. The molecule has 106 valence electrons. The van der Waals surface area contributed by atoms with Gasteiger partial charge in [-0.3, -0.25) is 10.2 Å². The van der Waals surface area contributed by atoms with Crippen molar-refractivity contribution < 1.29 is 9.53 Å². The number of hydrogen-bond acceptors (Lipinski definition) is 3. The van der Waals surface area contributed by atoms with E-state index in [1.54, 1.807) is 19.1 Å². The Bertz CT molecular complexity index is 386. The van der Waals surface area contributed by atoms with Gasteiger partial charge in [-0.1, -0.05) is 26.0 Å². The maximum Gasteiger partial charge on any atom is 0.234 e. The van der Waals surface area contributed by atoms with Crippen LogP contribution in [0, 0.1) is 0 Å². The van der Waals surface area contributed by atoms with Crippen LogP contribution in [0.2, 0.25) is 0 Å². The lowest BCUT2D eigenvalue weighted by Gasteiger charge is -2.12. The number of nitrogens with one attached hydrogen (secondary N) is 1. The molecule has 0 aliphatic heterocycles. The molecule has 0 radical (unpaired) electrons. The number of nitrogens with zero attached hydrogens (tertiary/aromatic N) is 1. The maximum absolute atomic E-state index is 11.4. The number of amides is 1. The van der Waals surface area contributed by atoms with Gasteiger partial charge in [0.15, 0.2) is 0 Å². The molecule has 0 bridgehead atoms. The fraction of sp³-hybridized carbons (Fsp3) is 0.533. The Hall–Kier alpha value is -1.55. The van der Waals surface area contributed by atoms with Gasteiger partial charge >= 0.3 is 0 Å². The largest absolute Gasteiger partial charge is 0.494 e. The van der Waals surface area contributed by atoms with Gasteiger partial charge in [-0.15, -0.1) is 0 Å². The highest BCUT2D eigenvalue weighted by molar-refractivity contribution is 5.75. The van der Waals surface area contributed by atoms with Gasteiger partial charge in [-0.05, 0) is 30.0 Å². The second-order valence-electron chi connectivity index (χ2n) is 5.11. The van der Waals surface area contributed by atoms with Crippen molar-refractivity contribution in [3.63, 3.8) is 0 Å². The molecule has 0 saturated heterocycles. The van der Waals surface area contributed by atoms with E-state index in [1.165, 1.54) is 5.56 Å². The third-order valence-electron chi connectivity index (χ3n) is 2.71. The summed E-state index contributed by atoms with van der Waals surface area (Å²) in [5.41, 5.74) is 4.00. The number of ether oxygens (including phenoxy) is 1. The first-order valence-corrected chi connectivity index (χ1v) is 6.68. The van der Waals surface area contributed by atoms with Gasteiger partial charge in [0.1, 0.15) is 5.75 Å². The van der Waals surface area contributed by atoms with Crippen LogP contribution >= 0.6 is 0 Å². The van der Waals surface area contributed by atoms with Gasteiger partial charge in [-0.25, -0.2) is 5.01 Å². The summed E-state index contributed by atoms with van der Waals surface area (Å²) >= 11 is 0. The van der Waals surface area contributed by atoms with Gasteiger partial charge in [0.05, 0.1) is 6.61 Å². The zero-order valence-electron chi connectivity index (χ0n) is 12.3. The van der Waals surface area contributed by atoms with Crippen molar-refractivity contribution in [2.45, 2.75) is 32.6 Å². The van der Waals surface area contributed by atoms with Gasteiger partial charge in [0.25, 0.3) is 0 Å². The van der Waals surface area contributed by atoms with Crippen molar-refractivity contribution in [2.24, 2.45) is 0 Å². The van der Waals surface area contributed by atoms with E-state index in [0.29, 0.717) is 25.4 Å². The molecular weight excluding hydrogens is 240 g/mol. The predicted molar refractivity (Wildman–Crippen MR) is 77.1 cm³/mol. The van der Waals surface area contributed by atoms with Crippen LogP contribution in [-0.4, -0.2) is 31.6 Å². The monoisotopic (exact) mass is 264 g/mol. The molecule has 4 nitrogen and oxygen atoms in total. The van der Waals surface area contributed by atoms with Gasteiger partial charge in [0, 0.05) is 20.5 Å². The molecule has 0 aliphatic carbocycles. The van der Waals surface area contributed by atoms with Gasteiger partial charge in [-0.2, -0.15) is 0 Å². The lowest BCUT2D eigenvalue weighted by Crippen LogP contribution is -2.36. The van der Waals surface area contributed by atoms with Crippen LogP contribution in [0.5, 0.6) is 5.75 Å². The number of carbonyl (C=O) groups excluding carboxylic acids is 1. The van der Waals surface area contributed by atoms with E-state index in [1.807, 2.05) is 12.1 Å². The molecule has 0 spiro atoms. The minimum absolute atomic E-state index is 0.0174. The molecule has 0 aliphatic rings. The standard InChI is InChI=1S/C15H24N2O2/c1-12(2)13-7-9-14(10-8-13)19-11-5-6-15(18)16-17(3)4/h7-10,12H,5-6,11H2,1-4H3,(H,16,18). The van der Waals surface area contributed by atoms with E-state index in [-0.39, 0.29) is 5.91 Å². The van der Waals surface area contributed by atoms with E-state index >= 15 is 0 Å². The summed E-state index contributed by atoms with van der Waals surface area (Å²) in [6.07, 6.45) is 1.19. The minimum Gasteiger partial charge on any atom is -0.494 e. The Morgan fingerprint density at radius 2 is 1.89 bits per heavy atom. The highest BCUT2D eigenvalue weighted by Crippen LogP contribution is 2.18. The van der Waals surface area contributed by atoms with Crippen LogP contribution in [0.1, 0.15) is 38.2 Å². The molecule has 1 amide bonds. The molecule has 0 heterocycles. The predicted octanol–water partition coefficient (Wildman–Crippen LogP) is 2.56. The molecule has 0 aromatic heterocycles. The molecule has 1 N–H and O–H groups in total. The third kappa shape index (κ3) is 6.25. The van der Waals surface area contributed by atoms with Crippen molar-refractivity contribution in [2.75, 3.05) is 20.7 Å². The first-order valence-electron chi connectivity index (χ1n) is 6.68. The zero-order valence-corrected chi connectivity index (χ0v) is 12.3. The second kappa shape index (κ2) is 7.79. The number of hydrogen-bond donors (Lipinski definition) is 1. The van der Waals surface area contributed by atoms with Crippen LogP contribution in [0.4, 0.5) is 0 Å². The van der Waals surface area contributed by atoms with Crippen molar-refractivity contribution in [3.8, 4) is 5.75 Å². The highest BCUT2D eigenvalue weighted by atomic mass is 16.5. The summed E-state index contributed by atoms with van der Waals surface area (Å²) in [4.78, 5) is 11.4. The summed E-state index contributed by atoms with van der Waals surface area (Å²) in [6, 6.07) is 8.13. The summed E-state index contributed by atoms with van der Waals surface area (Å²) in [6.45, 7) is 4.89. The number of hydrazine groups is 1. The second-order valence-corrected chi connectivity index (χ2v) is 5.11. The van der Waals surface area contributed by atoms with Gasteiger partial charge < -0.3 is 4.74 Å². The van der Waals surface area contributed by atoms with Crippen LogP contribution in [-0.2, 0) is 4.79 Å². The highest BCUT2D eigenvalue weighted by Gasteiger charge is 2.02. The number of carbonyl (C=O) groups is 1. The molecule has 19 heavy (non-hydrogen) atoms. The van der Waals surface area contributed by atoms with Crippen LogP contribution in [0.3, 0.4) is 0 Å². The summed E-state index contributed by atoms with van der Waals surface area (Å²) in [5.74, 6) is 1.41. The molecule has 0 fully saturated rings. The molecule has 1 aromatic carbocycles. The van der Waals surface area contributed by atoms with Gasteiger partial charge in [0.2, 0.25) is 5.91 Å². The normalized spacial score (nSPS) is 10.8. The SMILES string of the molecule is CC(C)c1ccc(OCCCC(=O)NN(C)C)cc1. The number of benzene rings is 1. The average molecular weight is 264 g/mol. The maximum atomic E-state index is 11.4. The molecule has 4 heteroatoms. The average Bonchev–Trinajstić information content (AvgIpc) is 2.34. The third-order valence-corrected chi connectivity index (χ3v) is 2.71. The lowest BCUT2D eigenvalue weighted by molar-refractivity contribution is -0.125. The van der Waals surface area contributed by atoms with E-state index in [4.69, 9.17) is 4.74 Å². The first-order chi connectivity index (χ1) is 8.99.